The van der Waals surface area contributed by atoms with Crippen molar-refractivity contribution in [3.05, 3.63) is 0 Å². The largest absolute Gasteiger partial charge is 0.370 e. The second-order valence-corrected chi connectivity index (χ2v) is 4.76. The average molecular weight is 184 g/mol. The lowest BCUT2D eigenvalue weighted by atomic mass is 9.84. The van der Waals surface area contributed by atoms with Gasteiger partial charge in [0.2, 0.25) is 5.91 Å². The van der Waals surface area contributed by atoms with E-state index in [-0.39, 0.29) is 5.91 Å². The Morgan fingerprint density at radius 3 is 2.77 bits per heavy atom. The Balaban J connectivity index is 2.30. The van der Waals surface area contributed by atoms with Gasteiger partial charge in [0, 0.05) is 19.5 Å². The molecule has 1 heterocycles. The molecule has 1 fully saturated rings. The molecular weight excluding hydrogens is 164 g/mol. The predicted molar refractivity (Wildman–Crippen MR) is 53.3 cm³/mol. The lowest BCUT2D eigenvalue weighted by molar-refractivity contribution is -0.118. The molecule has 3 nitrogen and oxygen atoms in total. The van der Waals surface area contributed by atoms with Crippen molar-refractivity contribution in [2.45, 2.75) is 33.1 Å². The molecule has 0 aromatic rings. The number of piperidine rings is 1. The molecule has 13 heavy (non-hydrogen) atoms. The average Bonchev–Trinajstić information content (AvgIpc) is 1.99. The number of nitrogens with zero attached hydrogens (tertiary/aromatic N) is 1. The molecule has 1 rings (SSSR count). The molecule has 76 valence electrons. The van der Waals surface area contributed by atoms with Gasteiger partial charge in [0.1, 0.15) is 0 Å². The van der Waals surface area contributed by atoms with Gasteiger partial charge < -0.3 is 10.6 Å². The van der Waals surface area contributed by atoms with E-state index in [2.05, 4.69) is 18.7 Å². The zero-order chi connectivity index (χ0) is 9.90. The highest BCUT2D eigenvalue weighted by molar-refractivity contribution is 5.73. The van der Waals surface area contributed by atoms with Crippen molar-refractivity contribution in [1.82, 2.24) is 4.90 Å². The standard InChI is InChI=1S/C10H20N2O/c1-10(2)5-3-6-12(8-10)7-4-9(11)13/h3-8H2,1-2H3,(H2,11,13). The van der Waals surface area contributed by atoms with Gasteiger partial charge in [0.05, 0.1) is 0 Å². The van der Waals surface area contributed by atoms with Crippen molar-refractivity contribution in [2.24, 2.45) is 11.1 Å². The smallest absolute Gasteiger partial charge is 0.218 e. The van der Waals surface area contributed by atoms with E-state index < -0.39 is 0 Å². The van der Waals surface area contributed by atoms with Crippen molar-refractivity contribution in [2.75, 3.05) is 19.6 Å². The van der Waals surface area contributed by atoms with Gasteiger partial charge in [-0.05, 0) is 24.8 Å². The molecule has 1 aliphatic rings. The van der Waals surface area contributed by atoms with E-state index in [1.54, 1.807) is 0 Å². The number of rotatable bonds is 3. The van der Waals surface area contributed by atoms with Crippen LogP contribution in [0.5, 0.6) is 0 Å². The fourth-order valence-electron chi connectivity index (χ4n) is 2.00. The Kier molecular flexibility index (Phi) is 3.31. The topological polar surface area (TPSA) is 46.3 Å². The number of likely N-dealkylation sites (tertiary alicyclic amines) is 1. The predicted octanol–water partition coefficient (Wildman–Crippen LogP) is 0.984. The number of carbonyl (C=O) groups is 1. The molecular formula is C10H20N2O. The molecule has 0 aromatic heterocycles. The van der Waals surface area contributed by atoms with Crippen LogP contribution in [0, 0.1) is 5.41 Å². The fraction of sp³-hybridized carbons (Fsp3) is 0.900. The first kappa shape index (κ1) is 10.5. The summed E-state index contributed by atoms with van der Waals surface area (Å²) in [6.45, 7) is 7.61. The Morgan fingerprint density at radius 1 is 1.54 bits per heavy atom. The minimum atomic E-state index is -0.191. The van der Waals surface area contributed by atoms with Gasteiger partial charge in [-0.25, -0.2) is 0 Å². The second kappa shape index (κ2) is 4.09. The first-order valence-corrected chi connectivity index (χ1v) is 5.00. The zero-order valence-electron chi connectivity index (χ0n) is 8.68. The van der Waals surface area contributed by atoms with Crippen LogP contribution in [-0.4, -0.2) is 30.4 Å². The van der Waals surface area contributed by atoms with Crippen LogP contribution < -0.4 is 5.73 Å². The van der Waals surface area contributed by atoms with Crippen LogP contribution in [0.15, 0.2) is 0 Å². The van der Waals surface area contributed by atoms with E-state index in [9.17, 15) is 4.79 Å². The molecule has 1 saturated heterocycles. The van der Waals surface area contributed by atoms with Gasteiger partial charge in [0.25, 0.3) is 0 Å². The van der Waals surface area contributed by atoms with Crippen LogP contribution >= 0.6 is 0 Å². The van der Waals surface area contributed by atoms with Crippen LogP contribution in [-0.2, 0) is 4.79 Å². The van der Waals surface area contributed by atoms with E-state index in [1.807, 2.05) is 0 Å². The molecule has 1 amide bonds. The van der Waals surface area contributed by atoms with E-state index in [1.165, 1.54) is 12.8 Å². The van der Waals surface area contributed by atoms with Crippen LogP contribution in [0.25, 0.3) is 0 Å². The van der Waals surface area contributed by atoms with Crippen molar-refractivity contribution in [1.29, 1.82) is 0 Å². The van der Waals surface area contributed by atoms with Crippen LogP contribution in [0.1, 0.15) is 33.1 Å². The number of amides is 1. The highest BCUT2D eigenvalue weighted by Crippen LogP contribution is 2.28. The molecule has 1 aliphatic heterocycles. The maximum absolute atomic E-state index is 10.6. The maximum atomic E-state index is 10.6. The van der Waals surface area contributed by atoms with Crippen molar-refractivity contribution < 1.29 is 4.79 Å². The molecule has 0 aliphatic carbocycles. The Morgan fingerprint density at radius 2 is 2.23 bits per heavy atom. The van der Waals surface area contributed by atoms with Crippen molar-refractivity contribution in [3.8, 4) is 0 Å². The van der Waals surface area contributed by atoms with Gasteiger partial charge in [0.15, 0.2) is 0 Å². The van der Waals surface area contributed by atoms with Crippen LogP contribution in [0.2, 0.25) is 0 Å². The molecule has 0 unspecified atom stereocenters. The van der Waals surface area contributed by atoms with Crippen LogP contribution in [0.3, 0.4) is 0 Å². The third-order valence-corrected chi connectivity index (χ3v) is 2.65. The van der Waals surface area contributed by atoms with Crippen LogP contribution in [0.4, 0.5) is 0 Å². The number of hydrogen-bond donors (Lipinski definition) is 1. The third kappa shape index (κ3) is 3.77. The lowest BCUT2D eigenvalue weighted by Crippen LogP contribution is -2.41. The molecule has 0 spiro atoms. The van der Waals surface area contributed by atoms with Gasteiger partial charge in [-0.2, -0.15) is 0 Å². The van der Waals surface area contributed by atoms with E-state index >= 15 is 0 Å². The second-order valence-electron chi connectivity index (χ2n) is 4.76. The molecule has 0 bridgehead atoms. The molecule has 0 atom stereocenters. The number of hydrogen-bond acceptors (Lipinski definition) is 2. The van der Waals surface area contributed by atoms with Crippen molar-refractivity contribution in [3.63, 3.8) is 0 Å². The summed E-state index contributed by atoms with van der Waals surface area (Å²) in [5.41, 5.74) is 5.52. The summed E-state index contributed by atoms with van der Waals surface area (Å²) in [5.74, 6) is -0.191. The van der Waals surface area contributed by atoms with Gasteiger partial charge >= 0.3 is 0 Å². The van der Waals surface area contributed by atoms with E-state index in [0.29, 0.717) is 11.8 Å². The Labute approximate surface area is 80.3 Å². The van der Waals surface area contributed by atoms with Gasteiger partial charge in [-0.3, -0.25) is 4.79 Å². The van der Waals surface area contributed by atoms with E-state index in [4.69, 9.17) is 5.73 Å². The maximum Gasteiger partial charge on any atom is 0.218 e. The SMILES string of the molecule is CC1(C)CCCN(CCC(N)=O)C1. The molecule has 0 saturated carbocycles. The number of primary amides is 1. The normalized spacial score (nSPS) is 22.9. The summed E-state index contributed by atoms with van der Waals surface area (Å²) in [6.07, 6.45) is 3.03. The third-order valence-electron chi connectivity index (χ3n) is 2.65. The summed E-state index contributed by atoms with van der Waals surface area (Å²) in [5, 5.41) is 0. The minimum Gasteiger partial charge on any atom is -0.370 e. The summed E-state index contributed by atoms with van der Waals surface area (Å²) >= 11 is 0. The van der Waals surface area contributed by atoms with Crippen molar-refractivity contribution >= 4 is 5.91 Å². The highest BCUT2D eigenvalue weighted by atomic mass is 16.1. The number of carbonyl (C=O) groups excluding carboxylic acids is 1. The zero-order valence-corrected chi connectivity index (χ0v) is 8.68. The molecule has 3 heteroatoms. The molecule has 0 aromatic carbocycles. The molecule has 2 N–H and O–H groups in total. The lowest BCUT2D eigenvalue weighted by Gasteiger charge is -2.37. The van der Waals surface area contributed by atoms with Gasteiger partial charge in [-0.15, -0.1) is 0 Å². The highest BCUT2D eigenvalue weighted by Gasteiger charge is 2.25. The summed E-state index contributed by atoms with van der Waals surface area (Å²) in [7, 11) is 0. The first-order chi connectivity index (χ1) is 5.99. The monoisotopic (exact) mass is 184 g/mol. The summed E-state index contributed by atoms with van der Waals surface area (Å²) < 4.78 is 0. The number of nitrogens with two attached hydrogens (primary N) is 1. The Hall–Kier alpha value is -0.570. The summed E-state index contributed by atoms with van der Waals surface area (Å²) in [6, 6.07) is 0. The summed E-state index contributed by atoms with van der Waals surface area (Å²) in [4.78, 5) is 12.9. The first-order valence-electron chi connectivity index (χ1n) is 5.00. The quantitative estimate of drug-likeness (QED) is 0.711. The Bertz CT molecular complexity index is 189. The molecule has 0 radical (unpaired) electrons. The van der Waals surface area contributed by atoms with E-state index in [0.717, 1.165) is 19.6 Å². The fourth-order valence-corrected chi connectivity index (χ4v) is 2.00. The minimum absolute atomic E-state index is 0.191. The van der Waals surface area contributed by atoms with Gasteiger partial charge in [-0.1, -0.05) is 13.8 Å².